The summed E-state index contributed by atoms with van der Waals surface area (Å²) in [5.41, 5.74) is -1.33. The fourth-order valence-corrected chi connectivity index (χ4v) is 1.82. The molecule has 0 fully saturated rings. The predicted molar refractivity (Wildman–Crippen MR) is 73.1 cm³/mol. The molecule has 2 bridgehead atoms. The molecule has 2 aliphatic rings. The lowest BCUT2D eigenvalue weighted by Gasteiger charge is -2.06. The minimum absolute atomic E-state index is 0.00632. The molecule has 0 unspecified atom stereocenters. The van der Waals surface area contributed by atoms with E-state index in [0.717, 1.165) is 0 Å². The van der Waals surface area contributed by atoms with Crippen molar-refractivity contribution in [3.63, 3.8) is 0 Å². The predicted octanol–water partition coefficient (Wildman–Crippen LogP) is 0.108. The van der Waals surface area contributed by atoms with E-state index in [4.69, 9.17) is 23.4 Å². The van der Waals surface area contributed by atoms with Crippen LogP contribution in [-0.2, 0) is 25.6 Å². The zero-order valence-corrected chi connectivity index (χ0v) is 12.0. The Morgan fingerprint density at radius 2 is 1.36 bits per heavy atom. The molecule has 0 saturated heterocycles. The Bertz CT molecular complexity index is 550. The van der Waals surface area contributed by atoms with Crippen molar-refractivity contribution in [1.82, 2.24) is 0 Å². The Balaban J connectivity index is 2.09. The fraction of sp³-hybridized carbons (Fsp3) is 0.571. The average molecular weight is 314 g/mol. The SMILES string of the molecule is O=C1COCCOCCOCCOCc2cc(O)c1c(=O)o2. The van der Waals surface area contributed by atoms with Crippen LogP contribution in [0.3, 0.4) is 0 Å². The van der Waals surface area contributed by atoms with Gasteiger partial charge in [-0.3, -0.25) is 4.79 Å². The Morgan fingerprint density at radius 1 is 0.818 bits per heavy atom. The topological polar surface area (TPSA) is 104 Å². The number of aromatic hydroxyl groups is 1. The molecule has 2 aliphatic heterocycles. The van der Waals surface area contributed by atoms with Gasteiger partial charge in [-0.25, -0.2) is 4.79 Å². The van der Waals surface area contributed by atoms with Crippen LogP contribution in [-0.4, -0.2) is 57.1 Å². The number of Topliss-reactive ketones (excluding diaryl/α,β-unsaturated/α-hetero) is 1. The number of rotatable bonds is 0. The van der Waals surface area contributed by atoms with E-state index in [1.54, 1.807) is 0 Å². The van der Waals surface area contributed by atoms with E-state index in [-0.39, 0.29) is 25.6 Å². The second kappa shape index (κ2) is 8.64. The zero-order chi connectivity index (χ0) is 15.8. The summed E-state index contributed by atoms with van der Waals surface area (Å²) in [5, 5.41) is 9.82. The van der Waals surface area contributed by atoms with Crippen LogP contribution in [0.4, 0.5) is 0 Å². The largest absolute Gasteiger partial charge is 0.507 e. The molecule has 0 saturated carbocycles. The first kappa shape index (κ1) is 16.6. The van der Waals surface area contributed by atoms with Crippen LogP contribution in [0.1, 0.15) is 16.1 Å². The van der Waals surface area contributed by atoms with Gasteiger partial charge in [-0.2, -0.15) is 0 Å². The third-order valence-corrected chi connectivity index (χ3v) is 2.85. The summed E-state index contributed by atoms with van der Waals surface area (Å²) in [6.07, 6.45) is 0. The Kier molecular flexibility index (Phi) is 6.53. The number of hydrogen-bond donors (Lipinski definition) is 1. The van der Waals surface area contributed by atoms with Crippen LogP contribution in [0.15, 0.2) is 15.3 Å². The van der Waals surface area contributed by atoms with Crippen molar-refractivity contribution < 1.29 is 33.3 Å². The first-order valence-corrected chi connectivity index (χ1v) is 6.88. The van der Waals surface area contributed by atoms with Gasteiger partial charge in [0.05, 0.1) is 39.6 Å². The van der Waals surface area contributed by atoms with Crippen molar-refractivity contribution in [3.05, 3.63) is 27.8 Å². The van der Waals surface area contributed by atoms with Gasteiger partial charge in [0.1, 0.15) is 30.3 Å². The number of fused-ring (bicyclic) bond motifs is 14. The number of carbonyl (C=O) groups excluding carboxylic acids is 1. The van der Waals surface area contributed by atoms with Crippen molar-refractivity contribution in [1.29, 1.82) is 0 Å². The summed E-state index contributed by atoms with van der Waals surface area (Å²) < 4.78 is 25.8. The lowest BCUT2D eigenvalue weighted by molar-refractivity contribution is -0.00452. The highest BCUT2D eigenvalue weighted by atomic mass is 16.6. The van der Waals surface area contributed by atoms with Crippen LogP contribution >= 0.6 is 0 Å². The van der Waals surface area contributed by atoms with Crippen LogP contribution < -0.4 is 5.63 Å². The number of carbonyl (C=O) groups is 1. The summed E-state index contributed by atoms with van der Waals surface area (Å²) in [6, 6.07) is 1.19. The van der Waals surface area contributed by atoms with Gasteiger partial charge in [0, 0.05) is 6.07 Å². The van der Waals surface area contributed by atoms with Crippen LogP contribution in [0.2, 0.25) is 0 Å². The summed E-state index contributed by atoms with van der Waals surface area (Å²) in [4.78, 5) is 23.7. The quantitative estimate of drug-likeness (QED) is 0.673. The minimum Gasteiger partial charge on any atom is -0.507 e. The maximum absolute atomic E-state index is 11.9. The molecule has 0 aromatic carbocycles. The maximum atomic E-state index is 11.9. The average Bonchev–Trinajstić information content (AvgIpc) is 2.47. The first-order chi connectivity index (χ1) is 10.7. The van der Waals surface area contributed by atoms with Crippen molar-refractivity contribution in [2.24, 2.45) is 0 Å². The molecule has 1 N–H and O–H groups in total. The zero-order valence-electron chi connectivity index (χ0n) is 12.0. The molecular weight excluding hydrogens is 296 g/mol. The molecule has 0 amide bonds. The molecule has 0 radical (unpaired) electrons. The third-order valence-electron chi connectivity index (χ3n) is 2.85. The molecule has 0 aliphatic carbocycles. The summed E-state index contributed by atoms with van der Waals surface area (Å²) in [5.74, 6) is -0.959. The lowest BCUT2D eigenvalue weighted by Crippen LogP contribution is -2.20. The molecule has 22 heavy (non-hydrogen) atoms. The minimum atomic E-state index is -0.913. The Hall–Kier alpha value is -1.74. The van der Waals surface area contributed by atoms with E-state index in [1.165, 1.54) is 6.07 Å². The lowest BCUT2D eigenvalue weighted by atomic mass is 10.2. The molecule has 3 rings (SSSR count). The highest BCUT2D eigenvalue weighted by Gasteiger charge is 2.19. The van der Waals surface area contributed by atoms with E-state index >= 15 is 0 Å². The molecule has 1 aromatic rings. The van der Waals surface area contributed by atoms with Crippen LogP contribution in [0.5, 0.6) is 5.75 Å². The van der Waals surface area contributed by atoms with E-state index in [9.17, 15) is 14.7 Å². The first-order valence-electron chi connectivity index (χ1n) is 6.88. The maximum Gasteiger partial charge on any atom is 0.350 e. The molecular formula is C14H18O8. The Labute approximate surface area is 126 Å². The van der Waals surface area contributed by atoms with Crippen molar-refractivity contribution in [2.45, 2.75) is 6.61 Å². The van der Waals surface area contributed by atoms with Gasteiger partial charge in [-0.1, -0.05) is 0 Å². The summed E-state index contributed by atoms with van der Waals surface area (Å²) >= 11 is 0. The van der Waals surface area contributed by atoms with Crippen molar-refractivity contribution in [2.75, 3.05) is 46.2 Å². The fourth-order valence-electron chi connectivity index (χ4n) is 1.82. The summed E-state index contributed by atoms with van der Waals surface area (Å²) in [7, 11) is 0. The molecule has 8 heteroatoms. The highest BCUT2D eigenvalue weighted by molar-refractivity contribution is 5.98. The van der Waals surface area contributed by atoms with E-state index in [2.05, 4.69) is 0 Å². The van der Waals surface area contributed by atoms with Crippen molar-refractivity contribution >= 4 is 5.78 Å². The highest BCUT2D eigenvalue weighted by Crippen LogP contribution is 2.16. The molecule has 0 spiro atoms. The molecule has 8 nitrogen and oxygen atoms in total. The van der Waals surface area contributed by atoms with E-state index < -0.39 is 22.7 Å². The van der Waals surface area contributed by atoms with Gasteiger partial charge in [-0.15, -0.1) is 0 Å². The number of ketones is 1. The molecule has 1 aromatic heterocycles. The third kappa shape index (κ3) is 4.92. The van der Waals surface area contributed by atoms with Gasteiger partial charge in [0.2, 0.25) is 0 Å². The monoisotopic (exact) mass is 314 g/mol. The molecule has 3 heterocycles. The van der Waals surface area contributed by atoms with Gasteiger partial charge in [0.25, 0.3) is 0 Å². The van der Waals surface area contributed by atoms with Crippen molar-refractivity contribution in [3.8, 4) is 5.75 Å². The van der Waals surface area contributed by atoms with E-state index in [1.807, 2.05) is 0 Å². The molecule has 122 valence electrons. The standard InChI is InChI=1S/C14H18O8/c15-11-7-10-8-20-5-3-18-1-2-19-4-6-21-9-12(16)13(11)14(17)22-10/h7,15H,1-6,8-9H2. The van der Waals surface area contributed by atoms with Crippen LogP contribution in [0.25, 0.3) is 0 Å². The van der Waals surface area contributed by atoms with Gasteiger partial charge in [0.15, 0.2) is 5.78 Å². The number of ether oxygens (including phenoxy) is 4. The van der Waals surface area contributed by atoms with E-state index in [0.29, 0.717) is 33.0 Å². The summed E-state index contributed by atoms with van der Waals surface area (Å²) in [6.45, 7) is 1.65. The second-order valence-corrected chi connectivity index (χ2v) is 4.51. The normalized spacial score (nSPS) is 19.0. The van der Waals surface area contributed by atoms with Gasteiger partial charge >= 0.3 is 5.63 Å². The second-order valence-electron chi connectivity index (χ2n) is 4.51. The molecule has 0 atom stereocenters. The number of hydrogen-bond acceptors (Lipinski definition) is 8. The van der Waals surface area contributed by atoms with Gasteiger partial charge < -0.3 is 28.5 Å². The van der Waals surface area contributed by atoms with Gasteiger partial charge in [-0.05, 0) is 0 Å². The van der Waals surface area contributed by atoms with Crippen LogP contribution in [0, 0.1) is 0 Å². The smallest absolute Gasteiger partial charge is 0.350 e. The Morgan fingerprint density at radius 3 is 1.95 bits per heavy atom.